The minimum atomic E-state index is -0.794. The smallest absolute Gasteiger partial charge is 0.269 e. The van der Waals surface area contributed by atoms with Crippen LogP contribution in [-0.2, 0) is 9.59 Å². The molecule has 8 heteroatoms. The number of nitro groups is 1. The van der Waals surface area contributed by atoms with E-state index in [1.807, 2.05) is 48.5 Å². The fraction of sp³-hybridized carbons (Fsp3) is 0.214. The molecule has 36 heavy (non-hydrogen) atoms. The van der Waals surface area contributed by atoms with E-state index in [0.29, 0.717) is 28.9 Å². The Labute approximate surface area is 208 Å². The molecule has 1 aliphatic carbocycles. The molecule has 0 fully saturated rings. The van der Waals surface area contributed by atoms with Gasteiger partial charge in [-0.15, -0.1) is 0 Å². The number of carbonyl (C=O) groups is 2. The molecule has 0 radical (unpaired) electrons. The monoisotopic (exact) mass is 483 g/mol. The number of carbonyl (C=O) groups excluding carboxylic acids is 2. The summed E-state index contributed by atoms with van der Waals surface area (Å²) >= 11 is 0. The molecule has 2 atom stereocenters. The fourth-order valence-electron chi connectivity index (χ4n) is 5.17. The summed E-state index contributed by atoms with van der Waals surface area (Å²) in [6, 6.07) is 20.4. The van der Waals surface area contributed by atoms with Crippen LogP contribution in [-0.4, -0.2) is 23.7 Å². The Morgan fingerprint density at radius 2 is 1.78 bits per heavy atom. The first-order valence-electron chi connectivity index (χ1n) is 11.7. The molecular weight excluding hydrogens is 458 g/mol. The number of nitrogens with zero attached hydrogens (tertiary/aromatic N) is 2. The Morgan fingerprint density at radius 1 is 1.03 bits per heavy atom. The number of para-hydroxylation sites is 2. The second-order valence-electron chi connectivity index (χ2n) is 8.98. The summed E-state index contributed by atoms with van der Waals surface area (Å²) in [5.41, 5.74) is 3.95. The van der Waals surface area contributed by atoms with Gasteiger partial charge in [-0.25, -0.2) is 0 Å². The second kappa shape index (κ2) is 9.30. The predicted molar refractivity (Wildman–Crippen MR) is 136 cm³/mol. The molecule has 2 unspecified atom stereocenters. The van der Waals surface area contributed by atoms with E-state index in [1.165, 1.54) is 19.1 Å². The first-order chi connectivity index (χ1) is 17.4. The number of hydrogen-bond acceptors (Lipinski definition) is 6. The van der Waals surface area contributed by atoms with Gasteiger partial charge >= 0.3 is 0 Å². The molecule has 0 spiro atoms. The molecule has 182 valence electrons. The highest BCUT2D eigenvalue weighted by atomic mass is 16.6. The number of Topliss-reactive ketones (excluding diaryl/α,β-unsaturated/α-hetero) is 1. The molecule has 5 rings (SSSR count). The maximum Gasteiger partial charge on any atom is 0.269 e. The maximum atomic E-state index is 13.8. The van der Waals surface area contributed by atoms with Crippen molar-refractivity contribution in [2.24, 2.45) is 0 Å². The number of ether oxygens (including phenoxy) is 1. The lowest BCUT2D eigenvalue weighted by atomic mass is 9.78. The van der Waals surface area contributed by atoms with Crippen LogP contribution in [0, 0.1) is 10.1 Å². The van der Waals surface area contributed by atoms with Gasteiger partial charge < -0.3 is 10.1 Å². The van der Waals surface area contributed by atoms with E-state index in [-0.39, 0.29) is 29.7 Å². The number of rotatable bonds is 4. The van der Waals surface area contributed by atoms with E-state index in [2.05, 4.69) is 5.32 Å². The Hall–Kier alpha value is -4.46. The molecule has 1 aliphatic heterocycles. The summed E-state index contributed by atoms with van der Waals surface area (Å²) in [6.07, 6.45) is 0.819. The molecule has 8 nitrogen and oxygen atoms in total. The van der Waals surface area contributed by atoms with Crippen LogP contribution in [0.2, 0.25) is 0 Å². The molecule has 0 saturated heterocycles. The lowest BCUT2D eigenvalue weighted by molar-refractivity contribution is -0.384. The number of ketones is 1. The van der Waals surface area contributed by atoms with Crippen LogP contribution in [0.5, 0.6) is 5.75 Å². The van der Waals surface area contributed by atoms with Gasteiger partial charge in [-0.1, -0.05) is 36.4 Å². The number of nitrogens with one attached hydrogen (secondary N) is 1. The van der Waals surface area contributed by atoms with Crippen LogP contribution in [0.1, 0.15) is 42.9 Å². The number of hydrogen-bond donors (Lipinski definition) is 1. The molecule has 0 saturated carbocycles. The summed E-state index contributed by atoms with van der Waals surface area (Å²) in [4.78, 5) is 39.5. The third kappa shape index (κ3) is 4.11. The number of methoxy groups -OCH3 is 1. The highest BCUT2D eigenvalue weighted by molar-refractivity contribution is 6.06. The zero-order chi connectivity index (χ0) is 25.4. The Morgan fingerprint density at radius 3 is 2.47 bits per heavy atom. The minimum Gasteiger partial charge on any atom is -0.497 e. The average molecular weight is 484 g/mol. The third-order valence-electron chi connectivity index (χ3n) is 6.81. The first kappa shape index (κ1) is 23.3. The van der Waals surface area contributed by atoms with Crippen molar-refractivity contribution >= 4 is 28.8 Å². The molecule has 0 aromatic heterocycles. The number of nitro benzene ring substituents is 1. The van der Waals surface area contributed by atoms with Crippen LogP contribution < -0.4 is 15.0 Å². The summed E-state index contributed by atoms with van der Waals surface area (Å²) < 4.78 is 5.27. The van der Waals surface area contributed by atoms with Gasteiger partial charge in [-0.3, -0.25) is 24.6 Å². The Kier molecular flexibility index (Phi) is 6.01. The SMILES string of the molecule is COc1ccc(C2CC(=O)C3=C(C2)Nc2ccccc2N(C(C)=O)C3c2cccc([N+](=O)[O-])c2)cc1. The predicted octanol–water partition coefficient (Wildman–Crippen LogP) is 5.52. The van der Waals surface area contributed by atoms with Gasteiger partial charge in [0, 0.05) is 36.7 Å². The summed E-state index contributed by atoms with van der Waals surface area (Å²) in [5, 5.41) is 15.0. The third-order valence-corrected chi connectivity index (χ3v) is 6.81. The van der Waals surface area contributed by atoms with Gasteiger partial charge in [-0.2, -0.15) is 0 Å². The lowest BCUT2D eigenvalue weighted by Gasteiger charge is -2.34. The number of fused-ring (bicyclic) bond motifs is 1. The quantitative estimate of drug-likeness (QED) is 0.387. The van der Waals surface area contributed by atoms with Crippen LogP contribution in [0.25, 0.3) is 0 Å². The van der Waals surface area contributed by atoms with Gasteiger partial charge in [0.1, 0.15) is 5.75 Å². The summed E-state index contributed by atoms with van der Waals surface area (Å²) in [7, 11) is 1.61. The van der Waals surface area contributed by atoms with E-state index < -0.39 is 11.0 Å². The van der Waals surface area contributed by atoms with Crippen LogP contribution in [0.3, 0.4) is 0 Å². The highest BCUT2D eigenvalue weighted by Crippen LogP contribution is 2.47. The minimum absolute atomic E-state index is 0.0588. The van der Waals surface area contributed by atoms with E-state index in [4.69, 9.17) is 4.74 Å². The molecule has 2 aliphatic rings. The van der Waals surface area contributed by atoms with Crippen molar-refractivity contribution in [3.63, 3.8) is 0 Å². The summed E-state index contributed by atoms with van der Waals surface area (Å²) in [5.74, 6) is 0.321. The molecule has 3 aromatic carbocycles. The Balaban J connectivity index is 1.68. The molecule has 1 heterocycles. The van der Waals surface area contributed by atoms with Gasteiger partial charge in [0.25, 0.3) is 5.69 Å². The zero-order valence-electron chi connectivity index (χ0n) is 19.9. The normalized spacial score (nSPS) is 19.1. The van der Waals surface area contributed by atoms with E-state index in [9.17, 15) is 19.7 Å². The number of allylic oxidation sites excluding steroid dienone is 1. The van der Waals surface area contributed by atoms with Crippen molar-refractivity contribution in [1.29, 1.82) is 0 Å². The molecule has 0 bridgehead atoms. The number of benzene rings is 3. The second-order valence-corrected chi connectivity index (χ2v) is 8.98. The molecule has 3 aromatic rings. The molecular formula is C28H25N3O5. The lowest BCUT2D eigenvalue weighted by Crippen LogP contribution is -2.37. The number of anilines is 2. The van der Waals surface area contributed by atoms with Crippen molar-refractivity contribution in [2.75, 3.05) is 17.3 Å². The van der Waals surface area contributed by atoms with Crippen molar-refractivity contribution in [3.8, 4) is 5.75 Å². The first-order valence-corrected chi connectivity index (χ1v) is 11.7. The van der Waals surface area contributed by atoms with Crippen LogP contribution in [0.15, 0.2) is 84.1 Å². The van der Waals surface area contributed by atoms with Crippen LogP contribution in [0.4, 0.5) is 17.1 Å². The van der Waals surface area contributed by atoms with Gasteiger partial charge in [0.2, 0.25) is 5.91 Å². The average Bonchev–Trinajstić information content (AvgIpc) is 3.03. The summed E-state index contributed by atoms with van der Waals surface area (Å²) in [6.45, 7) is 1.44. The number of amides is 1. The molecule has 1 amide bonds. The van der Waals surface area contributed by atoms with E-state index in [0.717, 1.165) is 17.0 Å². The van der Waals surface area contributed by atoms with Crippen molar-refractivity contribution < 1.29 is 19.2 Å². The van der Waals surface area contributed by atoms with Gasteiger partial charge in [-0.05, 0) is 47.7 Å². The topological polar surface area (TPSA) is 102 Å². The van der Waals surface area contributed by atoms with Gasteiger partial charge in [0.05, 0.1) is 29.4 Å². The van der Waals surface area contributed by atoms with E-state index in [1.54, 1.807) is 24.1 Å². The van der Waals surface area contributed by atoms with Crippen molar-refractivity contribution in [1.82, 2.24) is 0 Å². The zero-order valence-corrected chi connectivity index (χ0v) is 19.9. The van der Waals surface area contributed by atoms with Crippen molar-refractivity contribution in [3.05, 3.63) is 105 Å². The largest absolute Gasteiger partial charge is 0.497 e. The maximum absolute atomic E-state index is 13.8. The Bertz CT molecular complexity index is 1400. The van der Waals surface area contributed by atoms with Gasteiger partial charge in [0.15, 0.2) is 5.78 Å². The fourth-order valence-corrected chi connectivity index (χ4v) is 5.17. The highest BCUT2D eigenvalue weighted by Gasteiger charge is 2.41. The molecule has 1 N–H and O–H groups in total. The van der Waals surface area contributed by atoms with E-state index >= 15 is 0 Å². The number of non-ortho nitro benzene ring substituents is 1. The van der Waals surface area contributed by atoms with Crippen molar-refractivity contribution in [2.45, 2.75) is 31.7 Å². The standard InChI is InChI=1S/C28H25N3O5/c1-17(32)30-25-9-4-3-8-23(25)29-24-15-20(18-10-12-22(36-2)13-11-18)16-26(33)27(24)28(30)19-6-5-7-21(14-19)31(34)35/h3-14,20,28-29H,15-16H2,1-2H3. The van der Waals surface area contributed by atoms with Crippen LogP contribution >= 0.6 is 0 Å².